The molecular formula is C32H32N2O6. The molecule has 206 valence electrons. The van der Waals surface area contributed by atoms with Gasteiger partial charge in [-0.25, -0.2) is 9.59 Å². The number of nitrogens with one attached hydrogen (secondary N) is 1. The summed E-state index contributed by atoms with van der Waals surface area (Å²) in [6.45, 7) is 3.53. The number of aliphatic hydroxyl groups excluding tert-OH is 1. The van der Waals surface area contributed by atoms with Gasteiger partial charge in [0.05, 0.1) is 12.1 Å². The molecule has 0 fully saturated rings. The molecule has 8 nitrogen and oxygen atoms in total. The van der Waals surface area contributed by atoms with Gasteiger partial charge in [0.2, 0.25) is 0 Å². The number of hydrogen-bond acceptors (Lipinski definition) is 8. The van der Waals surface area contributed by atoms with Gasteiger partial charge in [0.25, 0.3) is 0 Å². The first-order chi connectivity index (χ1) is 19.3. The van der Waals surface area contributed by atoms with E-state index in [0.717, 1.165) is 27.6 Å². The molecule has 8 heteroatoms. The van der Waals surface area contributed by atoms with E-state index < -0.39 is 22.8 Å². The topological polar surface area (TPSA) is 124 Å². The lowest BCUT2D eigenvalue weighted by molar-refractivity contribution is -0.184. The Morgan fingerprint density at radius 3 is 2.77 bits per heavy atom. The van der Waals surface area contributed by atoms with Crippen LogP contribution in [0.4, 0.5) is 0 Å². The van der Waals surface area contributed by atoms with Crippen LogP contribution >= 0.6 is 0 Å². The highest BCUT2D eigenvalue weighted by atomic mass is 16.6. The van der Waals surface area contributed by atoms with Crippen LogP contribution in [0.1, 0.15) is 42.9 Å². The summed E-state index contributed by atoms with van der Waals surface area (Å²) in [6, 6.07) is 15.0. The van der Waals surface area contributed by atoms with Crippen LogP contribution in [0.5, 0.6) is 5.75 Å². The van der Waals surface area contributed by atoms with Gasteiger partial charge < -0.3 is 30.0 Å². The van der Waals surface area contributed by atoms with Crippen LogP contribution in [-0.2, 0) is 22.4 Å². The number of nitrogens with two attached hydrogens (primary N) is 1. The summed E-state index contributed by atoms with van der Waals surface area (Å²) in [7, 11) is 0. The predicted molar refractivity (Wildman–Crippen MR) is 151 cm³/mol. The van der Waals surface area contributed by atoms with Crippen LogP contribution in [0, 0.1) is 0 Å². The van der Waals surface area contributed by atoms with Gasteiger partial charge in [-0.3, -0.25) is 0 Å². The third-order valence-electron chi connectivity index (χ3n) is 8.38. The van der Waals surface area contributed by atoms with Crippen LogP contribution in [0.3, 0.4) is 0 Å². The number of hydrogen-bond donors (Lipinski definition) is 3. The summed E-state index contributed by atoms with van der Waals surface area (Å²) in [6.07, 6.45) is 8.24. The standard InChI is InChI=1S/C32H32N2O6/c1-3-19(12-13-35)30(37)40-31(2)16-21-6-4-5-7-24(21)29(22-8-10-27(33)34-18-22)32(31)17-23-14-20-9-11-28(36)38-25(20)15-26(23)39-32/h3-11,14-15,18,27,29,34-35H,12-13,16-17,33H2,1-2H3. The number of carbonyl (C=O) groups is 1. The van der Waals surface area contributed by atoms with Gasteiger partial charge in [0, 0.05) is 55.2 Å². The SMILES string of the molecule is CC=C(CCO)C(=O)OC1(C)Cc2ccccc2C(C2=CNC(N)C=C2)C12Cc1cc3ccc(=O)oc3cc1O2. The van der Waals surface area contributed by atoms with Gasteiger partial charge in [-0.15, -0.1) is 0 Å². The zero-order chi connectivity index (χ0) is 28.1. The van der Waals surface area contributed by atoms with Crippen molar-refractivity contribution >= 4 is 16.9 Å². The number of ether oxygens (including phenoxy) is 2. The van der Waals surface area contributed by atoms with Crippen molar-refractivity contribution in [3.63, 3.8) is 0 Å². The maximum atomic E-state index is 13.6. The van der Waals surface area contributed by atoms with Crippen LogP contribution in [-0.4, -0.2) is 35.1 Å². The number of dihydropyridines is 1. The average molecular weight is 541 g/mol. The van der Waals surface area contributed by atoms with E-state index in [-0.39, 0.29) is 25.1 Å². The molecule has 3 heterocycles. The summed E-state index contributed by atoms with van der Waals surface area (Å²) in [5.41, 5.74) is 8.33. The maximum Gasteiger partial charge on any atom is 0.336 e. The van der Waals surface area contributed by atoms with E-state index in [1.54, 1.807) is 25.1 Å². The molecule has 4 unspecified atom stereocenters. The number of benzene rings is 2. The van der Waals surface area contributed by atoms with E-state index >= 15 is 0 Å². The van der Waals surface area contributed by atoms with Crippen molar-refractivity contribution < 1.29 is 23.8 Å². The Kier molecular flexibility index (Phi) is 6.40. The first-order valence-electron chi connectivity index (χ1n) is 13.5. The highest BCUT2D eigenvalue weighted by molar-refractivity contribution is 5.89. The summed E-state index contributed by atoms with van der Waals surface area (Å²) in [5, 5.41) is 13.5. The fraction of sp³-hybridized carbons (Fsp3) is 0.312. The normalized spacial score (nSPS) is 27.0. The largest absolute Gasteiger partial charge is 0.481 e. The van der Waals surface area contributed by atoms with Crippen molar-refractivity contribution in [2.75, 3.05) is 6.61 Å². The summed E-state index contributed by atoms with van der Waals surface area (Å²) < 4.78 is 18.9. The molecule has 1 aliphatic carbocycles. The van der Waals surface area contributed by atoms with E-state index in [0.29, 0.717) is 29.7 Å². The third kappa shape index (κ3) is 4.15. The van der Waals surface area contributed by atoms with Crippen molar-refractivity contribution in [3.8, 4) is 5.75 Å². The average Bonchev–Trinajstić information content (AvgIpc) is 3.31. The minimum Gasteiger partial charge on any atom is -0.481 e. The molecule has 3 aromatic rings. The van der Waals surface area contributed by atoms with Crippen molar-refractivity contribution in [3.05, 3.63) is 111 Å². The van der Waals surface area contributed by atoms with E-state index in [1.165, 1.54) is 6.07 Å². The Labute approximate surface area is 231 Å². The fourth-order valence-electron chi connectivity index (χ4n) is 6.41. The molecule has 40 heavy (non-hydrogen) atoms. The second kappa shape index (κ2) is 9.80. The quantitative estimate of drug-likeness (QED) is 0.254. The minimum absolute atomic E-state index is 0.161. The molecule has 4 N–H and O–H groups in total. The molecule has 0 radical (unpaired) electrons. The smallest absolute Gasteiger partial charge is 0.336 e. The van der Waals surface area contributed by atoms with Crippen molar-refractivity contribution in [1.82, 2.24) is 5.32 Å². The lowest BCUT2D eigenvalue weighted by Crippen LogP contribution is -2.65. The van der Waals surface area contributed by atoms with Crippen LogP contribution in [0.25, 0.3) is 11.0 Å². The summed E-state index contributed by atoms with van der Waals surface area (Å²) in [4.78, 5) is 25.5. The van der Waals surface area contributed by atoms with Crippen molar-refractivity contribution in [2.45, 2.75) is 56.4 Å². The molecule has 0 amide bonds. The van der Waals surface area contributed by atoms with E-state index in [1.807, 2.05) is 43.5 Å². The molecular weight excluding hydrogens is 508 g/mol. The molecule has 1 aromatic heterocycles. The van der Waals surface area contributed by atoms with Crippen molar-refractivity contribution in [1.29, 1.82) is 0 Å². The van der Waals surface area contributed by atoms with Crippen LogP contribution in [0.2, 0.25) is 0 Å². The van der Waals surface area contributed by atoms with Crippen LogP contribution < -0.4 is 21.4 Å². The second-order valence-corrected chi connectivity index (χ2v) is 10.8. The highest BCUT2D eigenvalue weighted by Gasteiger charge is 2.64. The number of carbonyl (C=O) groups excluding carboxylic acids is 1. The Balaban J connectivity index is 1.55. The monoisotopic (exact) mass is 540 g/mol. The molecule has 0 saturated heterocycles. The summed E-state index contributed by atoms with van der Waals surface area (Å²) >= 11 is 0. The molecule has 3 aliphatic rings. The predicted octanol–water partition coefficient (Wildman–Crippen LogP) is 3.77. The maximum absolute atomic E-state index is 13.6. The number of aliphatic hydroxyl groups is 1. The van der Waals surface area contributed by atoms with E-state index in [9.17, 15) is 14.7 Å². The first kappa shape index (κ1) is 26.1. The van der Waals surface area contributed by atoms with Gasteiger partial charge >= 0.3 is 11.6 Å². The number of allylic oxidation sites excluding steroid dienone is 2. The number of esters is 1. The lowest BCUT2D eigenvalue weighted by Gasteiger charge is -2.53. The zero-order valence-corrected chi connectivity index (χ0v) is 22.5. The second-order valence-electron chi connectivity index (χ2n) is 10.8. The number of rotatable bonds is 5. The fourth-order valence-corrected chi connectivity index (χ4v) is 6.41. The molecule has 2 aromatic carbocycles. The van der Waals surface area contributed by atoms with E-state index in [4.69, 9.17) is 19.6 Å². The van der Waals surface area contributed by atoms with Gasteiger partial charge in [-0.05, 0) is 54.3 Å². The molecule has 4 atom stereocenters. The van der Waals surface area contributed by atoms with Crippen LogP contribution in [0.15, 0.2) is 93.3 Å². The van der Waals surface area contributed by atoms with Gasteiger partial charge in [-0.2, -0.15) is 0 Å². The minimum atomic E-state index is -1.12. The summed E-state index contributed by atoms with van der Waals surface area (Å²) in [5.74, 6) is -0.235. The van der Waals surface area contributed by atoms with E-state index in [2.05, 4.69) is 17.4 Å². The molecule has 6 rings (SSSR count). The van der Waals surface area contributed by atoms with Gasteiger partial charge in [0.1, 0.15) is 11.3 Å². The molecule has 2 aliphatic heterocycles. The lowest BCUT2D eigenvalue weighted by atomic mass is 9.59. The zero-order valence-electron chi connectivity index (χ0n) is 22.5. The Morgan fingerprint density at radius 1 is 1.20 bits per heavy atom. The number of fused-ring (bicyclic) bond motifs is 3. The van der Waals surface area contributed by atoms with Gasteiger partial charge in [-0.1, -0.05) is 36.4 Å². The highest BCUT2D eigenvalue weighted by Crippen LogP contribution is 2.58. The molecule has 1 spiro atoms. The van der Waals surface area contributed by atoms with Crippen molar-refractivity contribution in [2.24, 2.45) is 5.73 Å². The molecule has 0 bridgehead atoms. The third-order valence-corrected chi connectivity index (χ3v) is 8.38. The Morgan fingerprint density at radius 2 is 2.02 bits per heavy atom. The van der Waals surface area contributed by atoms with Gasteiger partial charge in [0.15, 0.2) is 11.2 Å². The Bertz CT molecular complexity index is 1650. The Hall–Kier alpha value is -4.14. The first-order valence-corrected chi connectivity index (χ1v) is 13.5. The molecule has 0 saturated carbocycles.